The van der Waals surface area contributed by atoms with Crippen LogP contribution in [0.5, 0.6) is 11.5 Å². The molecule has 0 heterocycles. The number of amides is 2. The predicted octanol–water partition coefficient (Wildman–Crippen LogP) is 3.13. The van der Waals surface area contributed by atoms with E-state index in [0.717, 1.165) is 11.1 Å². The van der Waals surface area contributed by atoms with E-state index < -0.39 is 6.04 Å². The normalized spacial score (nSPS) is 11.7. The Morgan fingerprint density at radius 2 is 1.69 bits per heavy atom. The number of carbonyl (C=O) groups is 2. The van der Waals surface area contributed by atoms with Crippen LogP contribution in [0.4, 0.5) is 0 Å². The maximum absolute atomic E-state index is 12.7. The first kappa shape index (κ1) is 22.3. The fourth-order valence-electron chi connectivity index (χ4n) is 3.06. The Balaban J connectivity index is 1.96. The standard InChI is InChI=1S/C23H30N2O4/c1-15(2)21(25-22(26)18-9-7-6-8-16(18)3)23(27)24-13-12-17-10-11-19(28-4)20(14-17)29-5/h6-11,14-15,21H,12-13H2,1-5H3,(H,24,27)(H,25,26). The molecule has 1 atom stereocenters. The number of carbonyl (C=O) groups excluding carboxylic acids is 2. The minimum absolute atomic E-state index is 0.0379. The molecule has 29 heavy (non-hydrogen) atoms. The van der Waals surface area contributed by atoms with Gasteiger partial charge in [0.05, 0.1) is 14.2 Å². The first-order valence-corrected chi connectivity index (χ1v) is 9.72. The molecule has 6 nitrogen and oxygen atoms in total. The highest BCUT2D eigenvalue weighted by Crippen LogP contribution is 2.27. The van der Waals surface area contributed by atoms with Crippen molar-refractivity contribution in [2.45, 2.75) is 33.2 Å². The molecule has 0 radical (unpaired) electrons. The smallest absolute Gasteiger partial charge is 0.252 e. The van der Waals surface area contributed by atoms with Gasteiger partial charge >= 0.3 is 0 Å². The molecule has 0 bridgehead atoms. The van der Waals surface area contributed by atoms with Gasteiger partial charge in [-0.1, -0.05) is 38.1 Å². The van der Waals surface area contributed by atoms with Crippen LogP contribution in [0.15, 0.2) is 42.5 Å². The monoisotopic (exact) mass is 398 g/mol. The van der Waals surface area contributed by atoms with Crippen molar-refractivity contribution in [2.24, 2.45) is 5.92 Å². The Bertz CT molecular complexity index is 849. The molecule has 2 aromatic rings. The van der Waals surface area contributed by atoms with Crippen molar-refractivity contribution in [1.29, 1.82) is 0 Å². The van der Waals surface area contributed by atoms with Crippen molar-refractivity contribution in [1.82, 2.24) is 10.6 Å². The third kappa shape index (κ3) is 5.98. The van der Waals surface area contributed by atoms with Crippen LogP contribution in [0, 0.1) is 12.8 Å². The van der Waals surface area contributed by atoms with Crippen LogP contribution in [-0.4, -0.2) is 38.6 Å². The van der Waals surface area contributed by atoms with Gasteiger partial charge in [0.2, 0.25) is 5.91 Å². The summed E-state index contributed by atoms with van der Waals surface area (Å²) in [6.07, 6.45) is 0.642. The minimum Gasteiger partial charge on any atom is -0.493 e. The Labute approximate surface area is 172 Å². The van der Waals surface area contributed by atoms with Crippen molar-refractivity contribution in [2.75, 3.05) is 20.8 Å². The van der Waals surface area contributed by atoms with Crippen LogP contribution in [0.1, 0.15) is 35.3 Å². The van der Waals surface area contributed by atoms with Crippen molar-refractivity contribution in [3.63, 3.8) is 0 Å². The van der Waals surface area contributed by atoms with Crippen LogP contribution < -0.4 is 20.1 Å². The third-order valence-corrected chi connectivity index (χ3v) is 4.79. The van der Waals surface area contributed by atoms with Crippen molar-refractivity contribution < 1.29 is 19.1 Å². The van der Waals surface area contributed by atoms with Gasteiger partial charge in [-0.3, -0.25) is 9.59 Å². The van der Waals surface area contributed by atoms with Crippen molar-refractivity contribution in [3.05, 3.63) is 59.2 Å². The lowest BCUT2D eigenvalue weighted by Gasteiger charge is -2.22. The molecule has 2 aromatic carbocycles. The van der Waals surface area contributed by atoms with E-state index in [-0.39, 0.29) is 17.7 Å². The van der Waals surface area contributed by atoms with Gasteiger partial charge in [0.15, 0.2) is 11.5 Å². The summed E-state index contributed by atoms with van der Waals surface area (Å²) < 4.78 is 10.5. The van der Waals surface area contributed by atoms with E-state index in [1.807, 2.05) is 57.2 Å². The van der Waals surface area contributed by atoms with Gasteiger partial charge in [-0.15, -0.1) is 0 Å². The van der Waals surface area contributed by atoms with Gasteiger partial charge in [0.1, 0.15) is 6.04 Å². The molecular weight excluding hydrogens is 368 g/mol. The molecular formula is C23H30N2O4. The van der Waals surface area contributed by atoms with E-state index in [0.29, 0.717) is 30.0 Å². The number of hydrogen-bond donors (Lipinski definition) is 2. The lowest BCUT2D eigenvalue weighted by molar-refractivity contribution is -0.123. The summed E-state index contributed by atoms with van der Waals surface area (Å²) in [5, 5.41) is 5.79. The van der Waals surface area contributed by atoms with Gasteiger partial charge in [0.25, 0.3) is 5.91 Å². The van der Waals surface area contributed by atoms with E-state index in [4.69, 9.17) is 9.47 Å². The quantitative estimate of drug-likeness (QED) is 0.680. The number of ether oxygens (including phenoxy) is 2. The molecule has 2 rings (SSSR count). The largest absolute Gasteiger partial charge is 0.493 e. The highest BCUT2D eigenvalue weighted by molar-refractivity contribution is 5.98. The molecule has 0 aliphatic rings. The summed E-state index contributed by atoms with van der Waals surface area (Å²) in [6.45, 7) is 6.16. The van der Waals surface area contributed by atoms with E-state index in [9.17, 15) is 9.59 Å². The SMILES string of the molecule is COc1ccc(CCNC(=O)C(NC(=O)c2ccccc2C)C(C)C)cc1OC. The van der Waals surface area contributed by atoms with Crippen LogP contribution in [-0.2, 0) is 11.2 Å². The van der Waals surface area contributed by atoms with Crippen LogP contribution >= 0.6 is 0 Å². The number of nitrogens with one attached hydrogen (secondary N) is 2. The van der Waals surface area contributed by atoms with Crippen LogP contribution in [0.3, 0.4) is 0 Å². The summed E-state index contributed by atoms with van der Waals surface area (Å²) in [4.78, 5) is 25.3. The summed E-state index contributed by atoms with van der Waals surface area (Å²) in [6, 6.07) is 12.4. The lowest BCUT2D eigenvalue weighted by atomic mass is 10.0. The number of benzene rings is 2. The lowest BCUT2D eigenvalue weighted by Crippen LogP contribution is -2.50. The van der Waals surface area contributed by atoms with Crippen LogP contribution in [0.2, 0.25) is 0 Å². The molecule has 0 spiro atoms. The summed E-state index contributed by atoms with van der Waals surface area (Å²) in [7, 11) is 3.18. The maximum Gasteiger partial charge on any atom is 0.252 e. The molecule has 2 amide bonds. The van der Waals surface area contributed by atoms with Gasteiger partial charge in [-0.2, -0.15) is 0 Å². The zero-order valence-corrected chi connectivity index (χ0v) is 17.7. The summed E-state index contributed by atoms with van der Waals surface area (Å²) in [5.41, 5.74) is 2.48. The number of hydrogen-bond acceptors (Lipinski definition) is 4. The Morgan fingerprint density at radius 1 is 1.00 bits per heavy atom. The highest BCUT2D eigenvalue weighted by Gasteiger charge is 2.24. The number of methoxy groups -OCH3 is 2. The zero-order chi connectivity index (χ0) is 21.4. The first-order valence-electron chi connectivity index (χ1n) is 9.72. The Kier molecular flexibility index (Phi) is 8.07. The van der Waals surface area contributed by atoms with E-state index in [1.54, 1.807) is 20.3 Å². The Morgan fingerprint density at radius 3 is 2.31 bits per heavy atom. The molecule has 6 heteroatoms. The molecule has 156 valence electrons. The highest BCUT2D eigenvalue weighted by atomic mass is 16.5. The van der Waals surface area contributed by atoms with E-state index in [2.05, 4.69) is 10.6 Å². The molecule has 0 saturated heterocycles. The van der Waals surface area contributed by atoms with Crippen LogP contribution in [0.25, 0.3) is 0 Å². The third-order valence-electron chi connectivity index (χ3n) is 4.79. The summed E-state index contributed by atoms with van der Waals surface area (Å²) in [5.74, 6) is 0.851. The maximum atomic E-state index is 12.7. The van der Waals surface area contributed by atoms with Gasteiger partial charge in [-0.05, 0) is 48.6 Å². The molecule has 0 aromatic heterocycles. The van der Waals surface area contributed by atoms with Gasteiger partial charge < -0.3 is 20.1 Å². The second kappa shape index (κ2) is 10.5. The molecule has 0 fully saturated rings. The topological polar surface area (TPSA) is 76.7 Å². The van der Waals surface area contributed by atoms with E-state index in [1.165, 1.54) is 0 Å². The molecule has 1 unspecified atom stereocenters. The fourth-order valence-corrected chi connectivity index (χ4v) is 3.06. The minimum atomic E-state index is -0.604. The molecule has 0 aliphatic heterocycles. The average Bonchev–Trinajstić information content (AvgIpc) is 2.71. The Hall–Kier alpha value is -3.02. The fraction of sp³-hybridized carbons (Fsp3) is 0.391. The van der Waals surface area contributed by atoms with Crippen molar-refractivity contribution >= 4 is 11.8 Å². The summed E-state index contributed by atoms with van der Waals surface area (Å²) >= 11 is 0. The van der Waals surface area contributed by atoms with Crippen molar-refractivity contribution in [3.8, 4) is 11.5 Å². The number of aryl methyl sites for hydroxylation is 1. The second-order valence-electron chi connectivity index (χ2n) is 7.24. The zero-order valence-electron chi connectivity index (χ0n) is 17.7. The number of rotatable bonds is 9. The average molecular weight is 399 g/mol. The molecule has 0 saturated carbocycles. The first-order chi connectivity index (χ1) is 13.9. The predicted molar refractivity (Wildman–Crippen MR) is 114 cm³/mol. The van der Waals surface area contributed by atoms with E-state index >= 15 is 0 Å². The van der Waals surface area contributed by atoms with Gasteiger partial charge in [-0.25, -0.2) is 0 Å². The second-order valence-corrected chi connectivity index (χ2v) is 7.24. The molecule has 0 aliphatic carbocycles. The molecule has 2 N–H and O–H groups in total. The van der Waals surface area contributed by atoms with Gasteiger partial charge in [0, 0.05) is 12.1 Å².